The number of carbonyl (C=O) groups excluding carboxylic acids is 3. The minimum absolute atomic E-state index is 0.0562. The zero-order valence-corrected chi connectivity index (χ0v) is 24.3. The van der Waals surface area contributed by atoms with Gasteiger partial charge in [0, 0.05) is 50.8 Å². The molecule has 3 aromatic carbocycles. The molecule has 13 heteroatoms. The van der Waals surface area contributed by atoms with Crippen LogP contribution < -0.4 is 10.1 Å². The van der Waals surface area contributed by atoms with Gasteiger partial charge in [-0.3, -0.25) is 19.3 Å². The first-order valence-corrected chi connectivity index (χ1v) is 14.2. The number of aromatic hydroxyl groups is 2. The molecule has 0 radical (unpaired) electrons. The van der Waals surface area contributed by atoms with E-state index in [0.717, 1.165) is 29.8 Å². The van der Waals surface area contributed by atoms with Gasteiger partial charge in [-0.1, -0.05) is 18.2 Å². The van der Waals surface area contributed by atoms with Gasteiger partial charge in [-0.15, -0.1) is 0 Å². The van der Waals surface area contributed by atoms with Crippen molar-refractivity contribution in [1.82, 2.24) is 14.8 Å². The van der Waals surface area contributed by atoms with Crippen LogP contribution in [0.3, 0.4) is 0 Å². The highest BCUT2D eigenvalue weighted by atomic mass is 19.4. The fraction of sp³-hybridized carbons (Fsp3) is 0.212. The van der Waals surface area contributed by atoms with Gasteiger partial charge in [0.25, 0.3) is 11.8 Å². The number of Topliss-reactive ketones (excluding diaryl/α,β-unsaturated/α-hetero) is 1. The van der Waals surface area contributed by atoms with Crippen LogP contribution >= 0.6 is 0 Å². The molecule has 1 saturated heterocycles. The van der Waals surface area contributed by atoms with Crippen molar-refractivity contribution in [2.75, 3.05) is 31.5 Å². The van der Waals surface area contributed by atoms with E-state index in [1.807, 2.05) is 0 Å². The van der Waals surface area contributed by atoms with Crippen LogP contribution in [0.25, 0.3) is 0 Å². The number of halogens is 3. The Morgan fingerprint density at radius 3 is 2.11 bits per heavy atom. The highest BCUT2D eigenvalue weighted by Crippen LogP contribution is 2.29. The van der Waals surface area contributed by atoms with E-state index in [1.165, 1.54) is 35.4 Å². The van der Waals surface area contributed by atoms with Crippen LogP contribution in [-0.4, -0.2) is 68.8 Å². The van der Waals surface area contributed by atoms with Gasteiger partial charge in [0.15, 0.2) is 11.5 Å². The molecule has 0 aliphatic carbocycles. The number of hydrogen-bond acceptors (Lipinski definition) is 8. The van der Waals surface area contributed by atoms with Gasteiger partial charge in [-0.05, 0) is 65.7 Å². The maximum absolute atomic E-state index is 12.8. The number of ketones is 1. The molecule has 0 spiro atoms. The predicted molar refractivity (Wildman–Crippen MR) is 160 cm³/mol. The number of phenolic OH excluding ortho intramolecular Hbond substituents is 2. The Morgan fingerprint density at radius 1 is 0.826 bits per heavy atom. The minimum Gasteiger partial charge on any atom is -0.504 e. The van der Waals surface area contributed by atoms with E-state index in [1.54, 1.807) is 30.3 Å². The molecule has 3 N–H and O–H groups in total. The summed E-state index contributed by atoms with van der Waals surface area (Å²) in [6.45, 7) is 2.46. The zero-order valence-electron chi connectivity index (χ0n) is 24.3. The van der Waals surface area contributed by atoms with Crippen LogP contribution in [-0.2, 0) is 28.7 Å². The summed E-state index contributed by atoms with van der Waals surface area (Å²) in [6.07, 6.45) is -3.22. The van der Waals surface area contributed by atoms with Crippen molar-refractivity contribution >= 4 is 23.3 Å². The number of ether oxygens (including phenoxy) is 1. The predicted octanol–water partition coefficient (Wildman–Crippen LogP) is 5.01. The monoisotopic (exact) mass is 634 g/mol. The average Bonchev–Trinajstić information content (AvgIpc) is 3.04. The second-order valence-electron chi connectivity index (χ2n) is 10.7. The summed E-state index contributed by atoms with van der Waals surface area (Å²) < 4.78 is 43.9. The van der Waals surface area contributed by atoms with E-state index >= 15 is 0 Å². The van der Waals surface area contributed by atoms with Crippen LogP contribution in [0.2, 0.25) is 0 Å². The molecule has 2 amide bonds. The molecule has 0 bridgehead atoms. The molecule has 5 rings (SSSR count). The van der Waals surface area contributed by atoms with Crippen molar-refractivity contribution in [3.05, 3.63) is 107 Å². The fourth-order valence-electron chi connectivity index (χ4n) is 4.80. The third-order valence-corrected chi connectivity index (χ3v) is 7.32. The van der Waals surface area contributed by atoms with Crippen LogP contribution in [0, 0.1) is 0 Å². The molecule has 0 saturated carbocycles. The van der Waals surface area contributed by atoms with E-state index in [9.17, 15) is 37.8 Å². The van der Waals surface area contributed by atoms with Gasteiger partial charge in [-0.2, -0.15) is 13.2 Å². The molecule has 1 aliphatic rings. The number of alkyl halides is 3. The third-order valence-electron chi connectivity index (χ3n) is 7.32. The summed E-state index contributed by atoms with van der Waals surface area (Å²) in [5, 5.41) is 21.7. The fourth-order valence-corrected chi connectivity index (χ4v) is 4.80. The quantitative estimate of drug-likeness (QED) is 0.173. The smallest absolute Gasteiger partial charge is 0.416 e. The van der Waals surface area contributed by atoms with Gasteiger partial charge in [-0.25, -0.2) is 4.98 Å². The molecule has 2 heterocycles. The van der Waals surface area contributed by atoms with Crippen LogP contribution in [0.5, 0.6) is 23.1 Å². The van der Waals surface area contributed by atoms with Crippen molar-refractivity contribution in [3.8, 4) is 23.1 Å². The number of anilines is 1. The number of pyridine rings is 1. The van der Waals surface area contributed by atoms with Crippen molar-refractivity contribution in [1.29, 1.82) is 0 Å². The lowest BCUT2D eigenvalue weighted by Crippen LogP contribution is -2.50. The summed E-state index contributed by atoms with van der Waals surface area (Å²) in [7, 11) is 0. The number of hydrogen-bond donors (Lipinski definition) is 3. The summed E-state index contributed by atoms with van der Waals surface area (Å²) >= 11 is 0. The lowest BCUT2D eigenvalue weighted by Gasteiger charge is -2.34. The van der Waals surface area contributed by atoms with E-state index in [2.05, 4.69) is 15.2 Å². The molecule has 238 valence electrons. The summed E-state index contributed by atoms with van der Waals surface area (Å²) in [4.78, 5) is 45.6. The molecule has 1 aromatic heterocycles. The number of nitrogens with zero attached hydrogens (tertiary/aromatic N) is 3. The molecule has 46 heavy (non-hydrogen) atoms. The van der Waals surface area contributed by atoms with Gasteiger partial charge in [0.2, 0.25) is 11.7 Å². The Kier molecular flexibility index (Phi) is 9.52. The van der Waals surface area contributed by atoms with Crippen LogP contribution in [0.4, 0.5) is 18.9 Å². The molecular weight excluding hydrogens is 605 g/mol. The van der Waals surface area contributed by atoms with E-state index < -0.39 is 29.3 Å². The average molecular weight is 635 g/mol. The first-order chi connectivity index (χ1) is 21.9. The zero-order chi connectivity index (χ0) is 32.8. The molecule has 0 atom stereocenters. The number of phenols is 2. The Hall–Kier alpha value is -5.43. The van der Waals surface area contributed by atoms with Crippen molar-refractivity contribution in [3.63, 3.8) is 0 Å². The topological polar surface area (TPSA) is 132 Å². The first kappa shape index (κ1) is 32.0. The Balaban J connectivity index is 1.07. The summed E-state index contributed by atoms with van der Waals surface area (Å²) in [5.41, 5.74) is 0.980. The van der Waals surface area contributed by atoms with Crippen molar-refractivity contribution in [2.24, 2.45) is 0 Å². The van der Waals surface area contributed by atoms with Gasteiger partial charge in [0.1, 0.15) is 5.75 Å². The van der Waals surface area contributed by atoms with Crippen molar-refractivity contribution < 1.29 is 42.5 Å². The van der Waals surface area contributed by atoms with Gasteiger partial charge in [0.05, 0.1) is 17.4 Å². The number of piperazine rings is 1. The van der Waals surface area contributed by atoms with E-state index in [0.29, 0.717) is 49.7 Å². The SMILES string of the molecule is O=C(Cc1ccc(Oc2ccc(NC(=O)c3ccc(C(F)(F)F)cc3)cn2)cc1)C(=O)N1CCN(Cc2ccc(O)c(O)c2)CC1. The minimum atomic E-state index is -4.49. The molecule has 1 aliphatic heterocycles. The van der Waals surface area contributed by atoms with Crippen LogP contribution in [0.1, 0.15) is 27.0 Å². The summed E-state index contributed by atoms with van der Waals surface area (Å²) in [6, 6.07) is 18.1. The molecular formula is C33H29F3N4O6. The largest absolute Gasteiger partial charge is 0.504 e. The Morgan fingerprint density at radius 2 is 1.50 bits per heavy atom. The number of amides is 2. The third kappa shape index (κ3) is 8.18. The molecule has 0 unspecified atom stereocenters. The maximum Gasteiger partial charge on any atom is 0.416 e. The second kappa shape index (κ2) is 13.7. The lowest BCUT2D eigenvalue weighted by molar-refractivity contribution is -0.145. The second-order valence-corrected chi connectivity index (χ2v) is 10.7. The Labute approximate surface area is 261 Å². The molecule has 1 fully saturated rings. The van der Waals surface area contributed by atoms with Crippen molar-refractivity contribution in [2.45, 2.75) is 19.1 Å². The number of aromatic nitrogens is 1. The number of nitrogens with one attached hydrogen (secondary N) is 1. The standard InChI is InChI=1S/C33H29F3N4O6/c34-33(35,36)24-6-4-23(5-7-24)31(44)38-25-8-12-30(37-19-25)46-26-9-1-21(2-10-26)17-29(43)32(45)40-15-13-39(14-16-40)20-22-3-11-27(41)28(42)18-22/h1-12,18-19,41-42H,13-17,20H2,(H,38,44). The summed E-state index contributed by atoms with van der Waals surface area (Å²) in [5.74, 6) is -1.40. The normalized spacial score (nSPS) is 13.7. The van der Waals surface area contributed by atoms with E-state index in [-0.39, 0.29) is 29.4 Å². The highest BCUT2D eigenvalue weighted by molar-refractivity contribution is 6.36. The number of carbonyl (C=O) groups is 3. The number of rotatable bonds is 9. The maximum atomic E-state index is 12.8. The first-order valence-electron chi connectivity index (χ1n) is 14.2. The van der Waals surface area contributed by atoms with E-state index in [4.69, 9.17) is 4.74 Å². The van der Waals surface area contributed by atoms with Gasteiger partial charge >= 0.3 is 6.18 Å². The molecule has 10 nitrogen and oxygen atoms in total. The highest BCUT2D eigenvalue weighted by Gasteiger charge is 2.30. The van der Waals surface area contributed by atoms with Gasteiger partial charge < -0.3 is 25.2 Å². The van der Waals surface area contributed by atoms with Crippen LogP contribution in [0.15, 0.2) is 85.1 Å². The number of benzene rings is 3. The molecule has 4 aromatic rings. The lowest BCUT2D eigenvalue weighted by atomic mass is 10.1. The Bertz CT molecular complexity index is 1700.